The Kier molecular flexibility index (Phi) is 5.00. The van der Waals surface area contributed by atoms with E-state index in [1.807, 2.05) is 34.1 Å². The minimum Gasteiger partial charge on any atom is -0.344 e. The number of nitrogens with one attached hydrogen (secondary N) is 1. The molecule has 4 bridgehead atoms. The molecule has 1 N–H and O–H groups in total. The molecule has 0 saturated heterocycles. The zero-order chi connectivity index (χ0) is 20.1. The molecular formula is C22H34N4O2. The number of aromatic nitrogens is 2. The highest BCUT2D eigenvalue weighted by Crippen LogP contribution is 2.60. The Morgan fingerprint density at radius 1 is 1.21 bits per heavy atom. The maximum atomic E-state index is 13.4. The third kappa shape index (κ3) is 3.58. The van der Waals surface area contributed by atoms with Crippen LogP contribution in [-0.4, -0.2) is 39.6 Å². The van der Waals surface area contributed by atoms with E-state index in [1.165, 1.54) is 19.3 Å². The Bertz CT molecular complexity index is 718. The van der Waals surface area contributed by atoms with E-state index < -0.39 is 6.04 Å². The van der Waals surface area contributed by atoms with Gasteiger partial charge in [-0.25, -0.2) is 0 Å². The van der Waals surface area contributed by atoms with Crippen LogP contribution in [0.25, 0.3) is 0 Å². The lowest BCUT2D eigenvalue weighted by molar-refractivity contribution is -0.150. The first-order valence-corrected chi connectivity index (χ1v) is 10.8. The number of aryl methyl sites for hydroxylation is 1. The van der Waals surface area contributed by atoms with Gasteiger partial charge in [0.2, 0.25) is 11.8 Å². The van der Waals surface area contributed by atoms with Crippen LogP contribution in [0.1, 0.15) is 57.9 Å². The quantitative estimate of drug-likeness (QED) is 0.817. The molecule has 6 heteroatoms. The fraction of sp³-hybridized carbons (Fsp3) is 0.773. The largest absolute Gasteiger partial charge is 0.344 e. The SMILES string of the molecule is CC(C)C(NC(=O)C12CC3CC(CC(C3)C1)C2)C(=O)N(C)Cc1cnn(C)c1. The van der Waals surface area contributed by atoms with Crippen molar-refractivity contribution in [3.8, 4) is 0 Å². The standard InChI is InChI=1S/C22H34N4O2/c1-14(2)19(20(27)25(3)12-18-11-23-26(4)13-18)24-21(28)22-8-15-5-16(9-22)7-17(6-15)10-22/h11,13-17,19H,5-10,12H2,1-4H3,(H,24,28). The van der Waals surface area contributed by atoms with Gasteiger partial charge in [0.1, 0.15) is 6.04 Å². The molecule has 4 fully saturated rings. The third-order valence-electron chi connectivity index (χ3n) is 7.29. The first-order valence-electron chi connectivity index (χ1n) is 10.8. The van der Waals surface area contributed by atoms with Gasteiger partial charge in [-0.3, -0.25) is 14.3 Å². The zero-order valence-electron chi connectivity index (χ0n) is 17.6. The average molecular weight is 387 g/mol. The Morgan fingerprint density at radius 2 is 1.79 bits per heavy atom. The normalized spacial score (nSPS) is 31.8. The smallest absolute Gasteiger partial charge is 0.245 e. The van der Waals surface area contributed by atoms with E-state index in [2.05, 4.69) is 10.4 Å². The van der Waals surface area contributed by atoms with Gasteiger partial charge in [0.15, 0.2) is 0 Å². The molecule has 6 nitrogen and oxygen atoms in total. The summed E-state index contributed by atoms with van der Waals surface area (Å²) >= 11 is 0. The van der Waals surface area contributed by atoms with Crippen molar-refractivity contribution in [2.75, 3.05) is 7.05 Å². The summed E-state index contributed by atoms with van der Waals surface area (Å²) < 4.78 is 1.74. The van der Waals surface area contributed by atoms with Crippen molar-refractivity contribution in [3.05, 3.63) is 18.0 Å². The molecule has 4 aliphatic rings. The number of likely N-dealkylation sites (N-methyl/N-ethyl adjacent to an activating group) is 1. The molecule has 2 amide bonds. The summed E-state index contributed by atoms with van der Waals surface area (Å²) in [6, 6.07) is -0.470. The highest BCUT2D eigenvalue weighted by Gasteiger charge is 2.55. The van der Waals surface area contributed by atoms with Crippen molar-refractivity contribution in [1.29, 1.82) is 0 Å². The second kappa shape index (κ2) is 7.20. The molecule has 1 heterocycles. The predicted octanol–water partition coefficient (Wildman–Crippen LogP) is 2.74. The number of hydrogen-bond acceptors (Lipinski definition) is 3. The van der Waals surface area contributed by atoms with Crippen LogP contribution in [0.2, 0.25) is 0 Å². The molecular weight excluding hydrogens is 352 g/mol. The first-order chi connectivity index (χ1) is 13.3. The van der Waals surface area contributed by atoms with Crippen LogP contribution in [0, 0.1) is 29.1 Å². The van der Waals surface area contributed by atoms with E-state index >= 15 is 0 Å². The van der Waals surface area contributed by atoms with E-state index in [1.54, 1.807) is 15.8 Å². The summed E-state index contributed by atoms with van der Waals surface area (Å²) in [5.74, 6) is 2.34. The fourth-order valence-electron chi connectivity index (χ4n) is 6.34. The first kappa shape index (κ1) is 19.5. The van der Waals surface area contributed by atoms with Crippen LogP contribution in [0.15, 0.2) is 12.4 Å². The number of nitrogens with zero attached hydrogens (tertiary/aromatic N) is 3. The van der Waals surface area contributed by atoms with Crippen molar-refractivity contribution < 1.29 is 9.59 Å². The van der Waals surface area contributed by atoms with E-state index in [0.29, 0.717) is 6.54 Å². The molecule has 0 spiro atoms. The Balaban J connectivity index is 1.44. The maximum Gasteiger partial charge on any atom is 0.245 e. The monoisotopic (exact) mass is 386 g/mol. The van der Waals surface area contributed by atoms with E-state index in [-0.39, 0.29) is 23.1 Å². The number of rotatable bonds is 6. The minimum absolute atomic E-state index is 0.0167. The lowest BCUT2D eigenvalue weighted by atomic mass is 9.49. The second-order valence-electron chi connectivity index (χ2n) is 10.1. The molecule has 5 rings (SSSR count). The minimum atomic E-state index is -0.470. The van der Waals surface area contributed by atoms with Crippen molar-refractivity contribution in [1.82, 2.24) is 20.0 Å². The Hall–Kier alpha value is -1.85. The maximum absolute atomic E-state index is 13.4. The highest BCUT2D eigenvalue weighted by molar-refractivity contribution is 5.90. The third-order valence-corrected chi connectivity index (χ3v) is 7.29. The number of amides is 2. The van der Waals surface area contributed by atoms with Gasteiger partial charge in [-0.15, -0.1) is 0 Å². The molecule has 0 radical (unpaired) electrons. The van der Waals surface area contributed by atoms with Gasteiger partial charge < -0.3 is 10.2 Å². The number of carbonyl (C=O) groups excluding carboxylic acids is 2. The molecule has 0 aromatic carbocycles. The summed E-state index contributed by atoms with van der Waals surface area (Å²) in [5.41, 5.74) is 0.776. The summed E-state index contributed by atoms with van der Waals surface area (Å²) in [7, 11) is 3.68. The van der Waals surface area contributed by atoms with Crippen LogP contribution < -0.4 is 5.32 Å². The predicted molar refractivity (Wildman–Crippen MR) is 107 cm³/mol. The molecule has 154 valence electrons. The summed E-state index contributed by atoms with van der Waals surface area (Å²) in [5, 5.41) is 7.37. The molecule has 1 unspecified atom stereocenters. The molecule has 4 saturated carbocycles. The van der Waals surface area contributed by atoms with Gasteiger partial charge >= 0.3 is 0 Å². The van der Waals surface area contributed by atoms with Gasteiger partial charge in [0.25, 0.3) is 0 Å². The Morgan fingerprint density at radius 3 is 2.25 bits per heavy atom. The van der Waals surface area contributed by atoms with Crippen LogP contribution >= 0.6 is 0 Å². The van der Waals surface area contributed by atoms with Crippen LogP contribution in [0.3, 0.4) is 0 Å². The van der Waals surface area contributed by atoms with E-state index in [4.69, 9.17) is 0 Å². The molecule has 0 aliphatic heterocycles. The lowest BCUT2D eigenvalue weighted by Gasteiger charge is -2.56. The van der Waals surface area contributed by atoms with Gasteiger partial charge in [-0.05, 0) is 62.2 Å². The van der Waals surface area contributed by atoms with Gasteiger partial charge in [0, 0.05) is 37.8 Å². The van der Waals surface area contributed by atoms with Crippen molar-refractivity contribution in [2.24, 2.45) is 36.1 Å². The molecule has 4 aliphatic carbocycles. The number of carbonyl (C=O) groups is 2. The summed E-state index contributed by atoms with van der Waals surface area (Å²) in [4.78, 5) is 28.3. The molecule has 1 atom stereocenters. The highest BCUT2D eigenvalue weighted by atomic mass is 16.2. The van der Waals surface area contributed by atoms with Gasteiger partial charge in [0.05, 0.1) is 6.20 Å². The van der Waals surface area contributed by atoms with Gasteiger partial charge in [-0.1, -0.05) is 13.8 Å². The zero-order valence-corrected chi connectivity index (χ0v) is 17.6. The molecule has 1 aromatic heterocycles. The van der Waals surface area contributed by atoms with Crippen LogP contribution in [0.4, 0.5) is 0 Å². The lowest BCUT2D eigenvalue weighted by Crippen LogP contribution is -2.58. The fourth-order valence-corrected chi connectivity index (χ4v) is 6.34. The Labute approximate surface area is 168 Å². The van der Waals surface area contributed by atoms with Crippen molar-refractivity contribution in [2.45, 2.75) is 65.0 Å². The van der Waals surface area contributed by atoms with E-state index in [0.717, 1.165) is 42.6 Å². The summed E-state index contributed by atoms with van der Waals surface area (Å²) in [6.45, 7) is 4.53. The van der Waals surface area contributed by atoms with E-state index in [9.17, 15) is 9.59 Å². The summed E-state index contributed by atoms with van der Waals surface area (Å²) in [6.07, 6.45) is 10.7. The van der Waals surface area contributed by atoms with Crippen LogP contribution in [-0.2, 0) is 23.2 Å². The molecule has 28 heavy (non-hydrogen) atoms. The number of hydrogen-bond donors (Lipinski definition) is 1. The van der Waals surface area contributed by atoms with Crippen molar-refractivity contribution in [3.63, 3.8) is 0 Å². The van der Waals surface area contributed by atoms with Crippen LogP contribution in [0.5, 0.6) is 0 Å². The topological polar surface area (TPSA) is 67.2 Å². The van der Waals surface area contributed by atoms with Gasteiger partial charge in [-0.2, -0.15) is 5.10 Å². The van der Waals surface area contributed by atoms with Crippen molar-refractivity contribution >= 4 is 11.8 Å². The average Bonchev–Trinajstić information content (AvgIpc) is 3.02. The molecule has 1 aromatic rings. The second-order valence-corrected chi connectivity index (χ2v) is 10.1.